The maximum atomic E-state index is 13.7. The smallest absolute Gasteiger partial charge is 0.410 e. The van der Waals surface area contributed by atoms with Gasteiger partial charge in [0.2, 0.25) is 0 Å². The third kappa shape index (κ3) is 6.19. The van der Waals surface area contributed by atoms with Crippen molar-refractivity contribution in [1.29, 1.82) is 0 Å². The maximum Gasteiger partial charge on any atom is 0.410 e. The molecule has 0 aliphatic heterocycles. The fourth-order valence-corrected chi connectivity index (χ4v) is 4.72. The first-order valence-electron chi connectivity index (χ1n) is 12.3. The minimum atomic E-state index is -0.297. The molecule has 35 heavy (non-hydrogen) atoms. The minimum Gasteiger partial charge on any atom is -0.445 e. The average Bonchev–Trinajstić information content (AvgIpc) is 2.91. The van der Waals surface area contributed by atoms with Gasteiger partial charge in [0.25, 0.3) is 0 Å². The molecule has 0 aromatic heterocycles. The zero-order chi connectivity index (χ0) is 24.5. The van der Waals surface area contributed by atoms with Gasteiger partial charge in [0.05, 0.1) is 6.04 Å². The van der Waals surface area contributed by atoms with Gasteiger partial charge >= 0.3 is 6.09 Å². The van der Waals surface area contributed by atoms with E-state index in [1.165, 1.54) is 10.9 Å². The normalized spacial score (nSPS) is 12.6. The molecule has 0 fully saturated rings. The second kappa shape index (κ2) is 12.0. The first kappa shape index (κ1) is 24.3. The number of rotatable bonds is 10. The van der Waals surface area contributed by atoms with E-state index in [0.29, 0.717) is 6.42 Å². The van der Waals surface area contributed by atoms with Crippen LogP contribution in [0.25, 0.3) is 10.8 Å². The molecule has 4 aromatic rings. The van der Waals surface area contributed by atoms with Crippen LogP contribution in [0.15, 0.2) is 116 Å². The van der Waals surface area contributed by atoms with Gasteiger partial charge < -0.3 is 4.74 Å². The zero-order valence-corrected chi connectivity index (χ0v) is 20.3. The van der Waals surface area contributed by atoms with Crippen LogP contribution in [0.3, 0.4) is 0 Å². The molecule has 0 saturated heterocycles. The number of nitrogens with zero attached hydrogens (tertiary/aromatic N) is 1. The molecule has 1 amide bonds. The Morgan fingerprint density at radius 1 is 0.857 bits per heavy atom. The van der Waals surface area contributed by atoms with Crippen LogP contribution in [0.1, 0.15) is 42.5 Å². The van der Waals surface area contributed by atoms with Gasteiger partial charge in [0.15, 0.2) is 0 Å². The molecule has 0 heterocycles. The molecule has 4 rings (SSSR count). The van der Waals surface area contributed by atoms with Crippen molar-refractivity contribution in [1.82, 2.24) is 4.90 Å². The molecule has 0 saturated carbocycles. The largest absolute Gasteiger partial charge is 0.445 e. The zero-order valence-electron chi connectivity index (χ0n) is 20.3. The number of carbonyl (C=O) groups excluding carboxylic acids is 1. The highest BCUT2D eigenvalue weighted by Gasteiger charge is 2.30. The van der Waals surface area contributed by atoms with Crippen LogP contribution in [-0.2, 0) is 17.8 Å². The van der Waals surface area contributed by atoms with Crippen LogP contribution < -0.4 is 0 Å². The molecule has 3 nitrogen and oxygen atoms in total. The summed E-state index contributed by atoms with van der Waals surface area (Å²) < 4.78 is 5.88. The summed E-state index contributed by atoms with van der Waals surface area (Å²) in [5.41, 5.74) is 3.36. The Kier molecular flexibility index (Phi) is 8.34. The molecule has 0 bridgehead atoms. The van der Waals surface area contributed by atoms with Crippen LogP contribution in [0.4, 0.5) is 4.79 Å². The predicted molar refractivity (Wildman–Crippen MR) is 144 cm³/mol. The number of carbonyl (C=O) groups is 1. The van der Waals surface area contributed by atoms with Crippen molar-refractivity contribution in [2.45, 2.75) is 44.9 Å². The fraction of sp³-hybridized carbons (Fsp3) is 0.219. The van der Waals surface area contributed by atoms with Crippen molar-refractivity contribution in [3.8, 4) is 0 Å². The Morgan fingerprint density at radius 2 is 1.49 bits per heavy atom. The first-order valence-corrected chi connectivity index (χ1v) is 12.3. The van der Waals surface area contributed by atoms with E-state index in [1.54, 1.807) is 0 Å². The maximum absolute atomic E-state index is 13.7. The van der Waals surface area contributed by atoms with Gasteiger partial charge in [0.1, 0.15) is 6.61 Å². The molecule has 0 spiro atoms. The molecule has 2 atom stereocenters. The van der Waals surface area contributed by atoms with Crippen molar-refractivity contribution in [3.63, 3.8) is 0 Å². The summed E-state index contributed by atoms with van der Waals surface area (Å²) in [5.74, 6) is 0. The number of amides is 1. The summed E-state index contributed by atoms with van der Waals surface area (Å²) in [6.45, 7) is 6.34. The van der Waals surface area contributed by atoms with Gasteiger partial charge in [-0.25, -0.2) is 4.79 Å². The van der Waals surface area contributed by atoms with E-state index in [0.717, 1.165) is 29.4 Å². The van der Waals surface area contributed by atoms with E-state index in [1.807, 2.05) is 59.5 Å². The van der Waals surface area contributed by atoms with Crippen molar-refractivity contribution >= 4 is 16.9 Å². The molecule has 0 radical (unpaired) electrons. The number of hydrogen-bond donors (Lipinski definition) is 0. The van der Waals surface area contributed by atoms with E-state index in [4.69, 9.17) is 4.74 Å². The molecule has 0 N–H and O–H groups in total. The molecular formula is C32H33NO2. The standard InChI is InChI=1S/C32H33NO2/c1-3-13-29(23-22-26-14-6-4-7-15-26)33(32(34)35-24-27-16-8-5-9-17-27)25(2)30-21-12-19-28-18-10-11-20-31(28)30/h3-12,14-21,25,29H,1,13,22-24H2,2H3/t25-,29-/m0/s1. The van der Waals surface area contributed by atoms with E-state index in [9.17, 15) is 4.79 Å². The molecule has 0 unspecified atom stereocenters. The van der Waals surface area contributed by atoms with Crippen LogP contribution >= 0.6 is 0 Å². The van der Waals surface area contributed by atoms with E-state index in [2.05, 4.69) is 68.1 Å². The second-order valence-corrected chi connectivity index (χ2v) is 8.89. The Hall–Kier alpha value is -3.85. The summed E-state index contributed by atoms with van der Waals surface area (Å²) in [6.07, 6.45) is 4.01. The predicted octanol–water partition coefficient (Wildman–Crippen LogP) is 8.12. The van der Waals surface area contributed by atoms with Crippen LogP contribution in [0.2, 0.25) is 0 Å². The van der Waals surface area contributed by atoms with Crippen molar-refractivity contribution in [2.24, 2.45) is 0 Å². The van der Waals surface area contributed by atoms with E-state index in [-0.39, 0.29) is 24.8 Å². The lowest BCUT2D eigenvalue weighted by molar-refractivity contribution is 0.0622. The summed E-state index contributed by atoms with van der Waals surface area (Å²) >= 11 is 0. The van der Waals surface area contributed by atoms with Gasteiger partial charge in [-0.3, -0.25) is 4.90 Å². The van der Waals surface area contributed by atoms with Crippen LogP contribution in [0.5, 0.6) is 0 Å². The van der Waals surface area contributed by atoms with E-state index < -0.39 is 0 Å². The third-order valence-corrected chi connectivity index (χ3v) is 6.55. The topological polar surface area (TPSA) is 29.5 Å². The summed E-state index contributed by atoms with van der Waals surface area (Å²) in [5, 5.41) is 2.32. The second-order valence-electron chi connectivity index (χ2n) is 8.89. The summed E-state index contributed by atoms with van der Waals surface area (Å²) in [7, 11) is 0. The van der Waals surface area contributed by atoms with Gasteiger partial charge in [-0.15, -0.1) is 6.58 Å². The third-order valence-electron chi connectivity index (χ3n) is 6.55. The SMILES string of the molecule is C=CC[C@@H](CCc1ccccc1)N(C(=O)OCc1ccccc1)[C@@H](C)c1cccc2ccccc12. The molecule has 178 valence electrons. The van der Waals surface area contributed by atoms with E-state index >= 15 is 0 Å². The number of hydrogen-bond acceptors (Lipinski definition) is 2. The average molecular weight is 464 g/mol. The first-order chi connectivity index (χ1) is 17.2. The van der Waals surface area contributed by atoms with Gasteiger partial charge in [0, 0.05) is 6.04 Å². The quantitative estimate of drug-likeness (QED) is 0.222. The molecular weight excluding hydrogens is 430 g/mol. The van der Waals surface area contributed by atoms with Gasteiger partial charge in [-0.05, 0) is 53.6 Å². The lowest BCUT2D eigenvalue weighted by Crippen LogP contribution is -2.42. The van der Waals surface area contributed by atoms with Crippen molar-refractivity contribution in [2.75, 3.05) is 0 Å². The summed E-state index contributed by atoms with van der Waals surface area (Å²) in [4.78, 5) is 15.6. The molecule has 4 aromatic carbocycles. The highest BCUT2D eigenvalue weighted by Crippen LogP contribution is 2.32. The molecule has 3 heteroatoms. The Bertz CT molecular complexity index is 1230. The molecule has 0 aliphatic rings. The lowest BCUT2D eigenvalue weighted by atomic mass is 9.95. The van der Waals surface area contributed by atoms with Gasteiger partial charge in [-0.2, -0.15) is 0 Å². The van der Waals surface area contributed by atoms with Crippen LogP contribution in [-0.4, -0.2) is 17.0 Å². The Balaban J connectivity index is 1.64. The Labute approximate surface area is 208 Å². The highest BCUT2D eigenvalue weighted by atomic mass is 16.6. The minimum absolute atomic E-state index is 0.0371. The van der Waals surface area contributed by atoms with Crippen LogP contribution in [0, 0.1) is 0 Å². The lowest BCUT2D eigenvalue weighted by Gasteiger charge is -2.36. The number of benzene rings is 4. The fourth-order valence-electron chi connectivity index (χ4n) is 4.72. The number of ether oxygens (including phenoxy) is 1. The monoisotopic (exact) mass is 463 g/mol. The van der Waals surface area contributed by atoms with Crippen molar-refractivity contribution < 1.29 is 9.53 Å². The Morgan fingerprint density at radius 3 is 2.20 bits per heavy atom. The number of fused-ring (bicyclic) bond motifs is 1. The van der Waals surface area contributed by atoms with Gasteiger partial charge in [-0.1, -0.05) is 109 Å². The molecule has 0 aliphatic carbocycles. The van der Waals surface area contributed by atoms with Crippen molar-refractivity contribution in [3.05, 3.63) is 132 Å². The highest BCUT2D eigenvalue weighted by molar-refractivity contribution is 5.86. The number of aryl methyl sites for hydroxylation is 1. The summed E-state index contributed by atoms with van der Waals surface area (Å²) in [6, 6.07) is 34.7.